The van der Waals surface area contributed by atoms with E-state index in [4.69, 9.17) is 6.11 Å². The van der Waals surface area contributed by atoms with Gasteiger partial charge in [0, 0.05) is 1.37 Å². The number of benzene rings is 1. The fourth-order valence-corrected chi connectivity index (χ4v) is 2.97. The fourth-order valence-electron chi connectivity index (χ4n) is 2.97. The van der Waals surface area contributed by atoms with E-state index in [1.165, 1.54) is 5.56 Å². The molecule has 0 spiro atoms. The van der Waals surface area contributed by atoms with Crippen molar-refractivity contribution in [3.05, 3.63) is 29.8 Å². The molecule has 1 nitrogen and oxygen atoms in total. The van der Waals surface area contributed by atoms with E-state index in [0.29, 0.717) is 5.92 Å². The first-order chi connectivity index (χ1) is 9.17. The Hall–Kier alpha value is -0.980. The Balaban J connectivity index is 1.93. The minimum Gasteiger partial charge on any atom is -0.494 e. The maximum absolute atomic E-state index is 8.44. The summed E-state index contributed by atoms with van der Waals surface area (Å²) in [7, 11) is 0. The van der Waals surface area contributed by atoms with Crippen LogP contribution in [-0.2, 0) is 0 Å². The molecule has 1 aliphatic carbocycles. The maximum atomic E-state index is 8.44. The average Bonchev–Trinajstić information content (AvgIpc) is 2.41. The lowest BCUT2D eigenvalue weighted by Crippen LogP contribution is -2.13. The van der Waals surface area contributed by atoms with Crippen LogP contribution in [0.15, 0.2) is 24.3 Å². The van der Waals surface area contributed by atoms with E-state index in [1.54, 1.807) is 0 Å². The van der Waals surface area contributed by atoms with E-state index in [2.05, 4.69) is 31.2 Å². The van der Waals surface area contributed by atoms with E-state index in [1.807, 2.05) is 6.92 Å². The van der Waals surface area contributed by atoms with Crippen molar-refractivity contribution in [3.8, 4) is 5.75 Å². The van der Waals surface area contributed by atoms with Crippen LogP contribution >= 0.6 is 0 Å². The molecule has 0 aromatic heterocycles. The van der Waals surface area contributed by atoms with Gasteiger partial charge in [0.15, 0.2) is 0 Å². The SMILES string of the molecule is [2H]C1(CCC)CCC(c2ccc(OCC)cc2)CC1. The Morgan fingerprint density at radius 1 is 1.11 bits per heavy atom. The lowest BCUT2D eigenvalue weighted by Gasteiger charge is -2.28. The van der Waals surface area contributed by atoms with Crippen molar-refractivity contribution in [2.75, 3.05) is 6.61 Å². The Morgan fingerprint density at radius 3 is 2.33 bits per heavy atom. The van der Waals surface area contributed by atoms with Gasteiger partial charge >= 0.3 is 0 Å². The quantitative estimate of drug-likeness (QED) is 0.698. The zero-order chi connectivity index (χ0) is 13.7. The van der Waals surface area contributed by atoms with Crippen LogP contribution < -0.4 is 4.74 Å². The Morgan fingerprint density at radius 2 is 1.78 bits per heavy atom. The molecular formula is C17H26O. The fraction of sp³-hybridized carbons (Fsp3) is 0.647. The zero-order valence-electron chi connectivity index (χ0n) is 12.7. The van der Waals surface area contributed by atoms with Crippen LogP contribution in [0.5, 0.6) is 5.75 Å². The maximum Gasteiger partial charge on any atom is 0.119 e. The van der Waals surface area contributed by atoms with Gasteiger partial charge in [-0.1, -0.05) is 31.9 Å². The van der Waals surface area contributed by atoms with Gasteiger partial charge in [-0.15, -0.1) is 0 Å². The first kappa shape index (κ1) is 12.1. The van der Waals surface area contributed by atoms with Crippen LogP contribution in [0.1, 0.15) is 65.2 Å². The van der Waals surface area contributed by atoms with Gasteiger partial charge < -0.3 is 4.74 Å². The monoisotopic (exact) mass is 247 g/mol. The van der Waals surface area contributed by atoms with Gasteiger partial charge in [-0.05, 0) is 62.1 Å². The van der Waals surface area contributed by atoms with Gasteiger partial charge in [0.05, 0.1) is 6.61 Å². The summed E-state index contributed by atoms with van der Waals surface area (Å²) in [6.07, 6.45) is 6.63. The van der Waals surface area contributed by atoms with Gasteiger partial charge in [-0.25, -0.2) is 0 Å². The summed E-state index contributed by atoms with van der Waals surface area (Å²) in [6, 6.07) is 8.56. The molecule has 0 bridgehead atoms. The van der Waals surface area contributed by atoms with E-state index < -0.39 is 0 Å². The third kappa shape index (κ3) is 3.51. The topological polar surface area (TPSA) is 9.23 Å². The second-order valence-electron chi connectivity index (χ2n) is 5.28. The first-order valence-corrected chi connectivity index (χ1v) is 7.39. The standard InChI is InChI=1S/C17H26O/c1-3-5-14-6-8-15(9-7-14)16-10-12-17(13-11-16)18-4-2/h10-15H,3-9H2,1-2H3/i14D. The Bertz CT molecular complexity index is 377. The van der Waals surface area contributed by atoms with Gasteiger partial charge in [-0.3, -0.25) is 0 Å². The normalized spacial score (nSPS) is 28.8. The molecule has 0 radical (unpaired) electrons. The molecule has 100 valence electrons. The minimum atomic E-state index is -0.142. The number of hydrogen-bond donors (Lipinski definition) is 0. The van der Waals surface area contributed by atoms with E-state index >= 15 is 0 Å². The van der Waals surface area contributed by atoms with Crippen molar-refractivity contribution in [3.63, 3.8) is 0 Å². The molecule has 0 heterocycles. The second-order valence-corrected chi connectivity index (χ2v) is 5.28. The summed E-state index contributed by atoms with van der Waals surface area (Å²) in [5.41, 5.74) is 1.42. The lowest BCUT2D eigenvalue weighted by atomic mass is 9.77. The lowest BCUT2D eigenvalue weighted by molar-refractivity contribution is 0.308. The molecule has 1 aromatic rings. The molecule has 1 heteroatoms. The summed E-state index contributed by atoms with van der Waals surface area (Å²) >= 11 is 0. The van der Waals surface area contributed by atoms with Crippen molar-refractivity contribution in [1.29, 1.82) is 0 Å². The molecule has 1 aromatic carbocycles. The summed E-state index contributed by atoms with van der Waals surface area (Å²) in [6.45, 7) is 4.92. The van der Waals surface area contributed by atoms with E-state index in [-0.39, 0.29) is 5.89 Å². The van der Waals surface area contributed by atoms with Crippen LogP contribution in [0.4, 0.5) is 0 Å². The summed E-state index contributed by atoms with van der Waals surface area (Å²) < 4.78 is 13.9. The molecule has 0 N–H and O–H groups in total. The first-order valence-electron chi connectivity index (χ1n) is 7.89. The molecule has 0 unspecified atom stereocenters. The van der Waals surface area contributed by atoms with Crippen molar-refractivity contribution in [2.45, 2.75) is 58.3 Å². The molecule has 0 atom stereocenters. The van der Waals surface area contributed by atoms with Gasteiger partial charge in [0.25, 0.3) is 0 Å². The summed E-state index contributed by atoms with van der Waals surface area (Å²) in [5.74, 6) is 1.46. The highest BCUT2D eigenvalue weighted by atomic mass is 16.5. The van der Waals surface area contributed by atoms with Crippen LogP contribution in [0.2, 0.25) is 0 Å². The highest BCUT2D eigenvalue weighted by molar-refractivity contribution is 5.29. The Labute approximate surface area is 113 Å². The van der Waals surface area contributed by atoms with Gasteiger partial charge in [-0.2, -0.15) is 0 Å². The molecule has 0 aliphatic heterocycles. The molecule has 0 amide bonds. The van der Waals surface area contributed by atoms with Crippen LogP contribution in [0.25, 0.3) is 0 Å². The largest absolute Gasteiger partial charge is 0.494 e. The molecule has 0 saturated heterocycles. The third-order valence-corrected chi connectivity index (χ3v) is 3.96. The van der Waals surface area contributed by atoms with Crippen LogP contribution in [-0.4, -0.2) is 6.61 Å². The highest BCUT2D eigenvalue weighted by Gasteiger charge is 2.21. The third-order valence-electron chi connectivity index (χ3n) is 3.96. The van der Waals surface area contributed by atoms with E-state index in [0.717, 1.165) is 50.9 Å². The Kier molecular flexibility index (Phi) is 4.57. The molecular weight excluding hydrogens is 220 g/mol. The van der Waals surface area contributed by atoms with Crippen LogP contribution in [0.3, 0.4) is 0 Å². The molecule has 1 aliphatic rings. The smallest absolute Gasteiger partial charge is 0.119 e. The second kappa shape index (κ2) is 6.82. The van der Waals surface area contributed by atoms with Gasteiger partial charge in [0.1, 0.15) is 5.75 Å². The minimum absolute atomic E-state index is 0.142. The highest BCUT2D eigenvalue weighted by Crippen LogP contribution is 2.37. The predicted octanol–water partition coefficient (Wildman–Crippen LogP) is 5.16. The molecule has 2 rings (SSSR count). The van der Waals surface area contributed by atoms with Crippen molar-refractivity contribution in [2.24, 2.45) is 5.89 Å². The number of rotatable bonds is 5. The number of hydrogen-bond acceptors (Lipinski definition) is 1. The summed E-state index contributed by atoms with van der Waals surface area (Å²) in [5, 5.41) is 0. The van der Waals surface area contributed by atoms with E-state index in [9.17, 15) is 0 Å². The van der Waals surface area contributed by atoms with Gasteiger partial charge in [0.2, 0.25) is 0 Å². The molecule has 1 saturated carbocycles. The van der Waals surface area contributed by atoms with Crippen molar-refractivity contribution < 1.29 is 6.11 Å². The molecule has 18 heavy (non-hydrogen) atoms. The molecule has 1 fully saturated rings. The van der Waals surface area contributed by atoms with Crippen LogP contribution in [0, 0.1) is 5.89 Å². The summed E-state index contributed by atoms with van der Waals surface area (Å²) in [4.78, 5) is 0. The van der Waals surface area contributed by atoms with Crippen molar-refractivity contribution >= 4 is 0 Å². The number of ether oxygens (including phenoxy) is 1. The average molecular weight is 247 g/mol. The van der Waals surface area contributed by atoms with Crippen molar-refractivity contribution in [1.82, 2.24) is 0 Å². The predicted molar refractivity (Wildman–Crippen MR) is 77.2 cm³/mol. The zero-order valence-corrected chi connectivity index (χ0v) is 11.7.